The van der Waals surface area contributed by atoms with Crippen molar-refractivity contribution in [2.75, 3.05) is 0 Å². The molecule has 0 saturated heterocycles. The molecule has 0 heterocycles. The van der Waals surface area contributed by atoms with E-state index < -0.39 is 0 Å². The van der Waals surface area contributed by atoms with E-state index in [1.165, 1.54) is 5.57 Å². The SMILES string of the molecule is C=C(/C=C/c1ccc(O)cc1)c1c(C)cc(C)c(/C(=C/CC)CCC)c1O. The molecule has 2 N–H and O–H groups in total. The molecule has 0 saturated carbocycles. The predicted octanol–water partition coefficient (Wildman–Crippen LogP) is 7.03. The third-order valence-electron chi connectivity index (χ3n) is 4.68. The van der Waals surface area contributed by atoms with Crippen LogP contribution < -0.4 is 0 Å². The third kappa shape index (κ3) is 4.91. The van der Waals surface area contributed by atoms with E-state index in [9.17, 15) is 10.2 Å². The van der Waals surface area contributed by atoms with E-state index in [1.54, 1.807) is 12.1 Å². The third-order valence-corrected chi connectivity index (χ3v) is 4.68. The Morgan fingerprint density at radius 1 is 1.00 bits per heavy atom. The van der Waals surface area contributed by atoms with Gasteiger partial charge in [-0.05, 0) is 66.7 Å². The summed E-state index contributed by atoms with van der Waals surface area (Å²) in [6.07, 6.45) is 8.99. The lowest BCUT2D eigenvalue weighted by Crippen LogP contribution is -1.97. The van der Waals surface area contributed by atoms with Crippen LogP contribution in [-0.4, -0.2) is 10.2 Å². The number of aryl methyl sites for hydroxylation is 2. The molecule has 142 valence electrons. The Morgan fingerprint density at radius 2 is 1.63 bits per heavy atom. The molecule has 0 spiro atoms. The number of aromatic hydroxyl groups is 2. The Labute approximate surface area is 163 Å². The van der Waals surface area contributed by atoms with Crippen molar-refractivity contribution in [1.29, 1.82) is 0 Å². The molecule has 0 bridgehead atoms. The second-order valence-corrected chi connectivity index (χ2v) is 6.95. The number of hydrogen-bond donors (Lipinski definition) is 2. The standard InChI is InChI=1S/C25H30O2/c1-6-8-21(9-7-2)24-19(5)16-18(4)23(25(24)27)17(3)10-11-20-12-14-22(26)15-13-20/h8,10-16,26-27H,3,6-7,9H2,1-2,4-5H3/b11-10+,21-8+. The molecule has 27 heavy (non-hydrogen) atoms. The van der Waals surface area contributed by atoms with E-state index >= 15 is 0 Å². The van der Waals surface area contributed by atoms with Crippen molar-refractivity contribution >= 4 is 17.2 Å². The zero-order chi connectivity index (χ0) is 20.0. The fourth-order valence-corrected chi connectivity index (χ4v) is 3.49. The molecule has 0 unspecified atom stereocenters. The largest absolute Gasteiger partial charge is 0.508 e. The summed E-state index contributed by atoms with van der Waals surface area (Å²) in [7, 11) is 0. The van der Waals surface area contributed by atoms with E-state index in [4.69, 9.17) is 0 Å². The maximum Gasteiger partial charge on any atom is 0.131 e. The molecular formula is C25H30O2. The van der Waals surface area contributed by atoms with E-state index in [1.807, 2.05) is 31.2 Å². The maximum atomic E-state index is 11.1. The van der Waals surface area contributed by atoms with Crippen LogP contribution in [-0.2, 0) is 0 Å². The Morgan fingerprint density at radius 3 is 2.22 bits per heavy atom. The summed E-state index contributed by atoms with van der Waals surface area (Å²) in [5.74, 6) is 0.565. The molecule has 2 rings (SSSR count). The summed E-state index contributed by atoms with van der Waals surface area (Å²) < 4.78 is 0. The first-order valence-corrected chi connectivity index (χ1v) is 9.57. The lowest BCUT2D eigenvalue weighted by molar-refractivity contribution is 0.470. The van der Waals surface area contributed by atoms with Gasteiger partial charge in [0.25, 0.3) is 0 Å². The first kappa shape index (κ1) is 20.6. The van der Waals surface area contributed by atoms with Crippen molar-refractivity contribution in [3.05, 3.63) is 76.9 Å². The second-order valence-electron chi connectivity index (χ2n) is 6.95. The van der Waals surface area contributed by atoms with Crippen LogP contribution in [0.25, 0.3) is 17.2 Å². The molecule has 2 aromatic rings. The minimum atomic E-state index is 0.244. The van der Waals surface area contributed by atoms with E-state index in [2.05, 4.69) is 39.5 Å². The van der Waals surface area contributed by atoms with Gasteiger partial charge >= 0.3 is 0 Å². The van der Waals surface area contributed by atoms with Crippen LogP contribution in [0.3, 0.4) is 0 Å². The van der Waals surface area contributed by atoms with Gasteiger partial charge in [-0.3, -0.25) is 0 Å². The van der Waals surface area contributed by atoms with Crippen molar-refractivity contribution in [1.82, 2.24) is 0 Å². The average molecular weight is 363 g/mol. The van der Waals surface area contributed by atoms with Crippen LogP contribution in [0.4, 0.5) is 0 Å². The van der Waals surface area contributed by atoms with Gasteiger partial charge < -0.3 is 10.2 Å². The number of hydrogen-bond acceptors (Lipinski definition) is 2. The molecule has 0 fully saturated rings. The Balaban J connectivity index is 2.47. The molecule has 0 amide bonds. The summed E-state index contributed by atoms with van der Waals surface area (Å²) >= 11 is 0. The van der Waals surface area contributed by atoms with Gasteiger partial charge in [0, 0.05) is 11.1 Å². The highest BCUT2D eigenvalue weighted by Gasteiger charge is 2.17. The molecule has 0 atom stereocenters. The van der Waals surface area contributed by atoms with Crippen molar-refractivity contribution < 1.29 is 10.2 Å². The Bertz CT molecular complexity index is 868. The van der Waals surface area contributed by atoms with Crippen LogP contribution in [0.5, 0.6) is 11.5 Å². The van der Waals surface area contributed by atoms with Gasteiger partial charge in [-0.15, -0.1) is 0 Å². The van der Waals surface area contributed by atoms with Gasteiger partial charge in [0.05, 0.1) is 0 Å². The van der Waals surface area contributed by atoms with Crippen molar-refractivity contribution in [2.24, 2.45) is 0 Å². The highest BCUT2D eigenvalue weighted by molar-refractivity contribution is 5.87. The fraction of sp³-hybridized carbons (Fsp3) is 0.280. The lowest BCUT2D eigenvalue weighted by atomic mass is 9.88. The minimum absolute atomic E-state index is 0.244. The van der Waals surface area contributed by atoms with Gasteiger partial charge in [0.1, 0.15) is 11.5 Å². The van der Waals surface area contributed by atoms with E-state index in [0.717, 1.165) is 52.7 Å². The smallest absolute Gasteiger partial charge is 0.131 e. The monoisotopic (exact) mass is 362 g/mol. The van der Waals surface area contributed by atoms with Gasteiger partial charge in [0.15, 0.2) is 0 Å². The number of benzene rings is 2. The summed E-state index contributed by atoms with van der Waals surface area (Å²) in [6, 6.07) is 9.12. The lowest BCUT2D eigenvalue weighted by Gasteiger charge is -2.18. The van der Waals surface area contributed by atoms with Crippen molar-refractivity contribution in [3.63, 3.8) is 0 Å². The first-order chi connectivity index (χ1) is 12.9. The fourth-order valence-electron chi connectivity index (χ4n) is 3.49. The van der Waals surface area contributed by atoms with E-state index in [-0.39, 0.29) is 5.75 Å². The zero-order valence-electron chi connectivity index (χ0n) is 16.8. The van der Waals surface area contributed by atoms with Gasteiger partial charge in [-0.2, -0.15) is 0 Å². The molecular weight excluding hydrogens is 332 g/mol. The maximum absolute atomic E-state index is 11.1. The van der Waals surface area contributed by atoms with Crippen LogP contribution in [0.1, 0.15) is 60.9 Å². The normalized spacial score (nSPS) is 11.9. The minimum Gasteiger partial charge on any atom is -0.508 e. The summed E-state index contributed by atoms with van der Waals surface area (Å²) in [5, 5.41) is 20.5. The molecule has 2 heteroatoms. The van der Waals surface area contributed by atoms with Crippen molar-refractivity contribution in [3.8, 4) is 11.5 Å². The number of phenolic OH excluding ortho intramolecular Hbond substituents is 2. The molecule has 2 aromatic carbocycles. The zero-order valence-corrected chi connectivity index (χ0v) is 16.8. The molecule has 0 aliphatic carbocycles. The molecule has 0 aliphatic heterocycles. The van der Waals surface area contributed by atoms with Gasteiger partial charge in [-0.25, -0.2) is 0 Å². The Kier molecular flexibility index (Phi) is 7.06. The summed E-state index contributed by atoms with van der Waals surface area (Å²) in [6.45, 7) is 12.5. The number of rotatable bonds is 7. The molecule has 0 aromatic heterocycles. The van der Waals surface area contributed by atoms with Crippen LogP contribution in [0.15, 0.2) is 49.1 Å². The molecule has 2 nitrogen and oxygen atoms in total. The molecule has 0 radical (unpaired) electrons. The predicted molar refractivity (Wildman–Crippen MR) is 117 cm³/mol. The molecule has 0 aliphatic rings. The van der Waals surface area contributed by atoms with Crippen LogP contribution in [0, 0.1) is 13.8 Å². The average Bonchev–Trinajstić information content (AvgIpc) is 2.61. The summed E-state index contributed by atoms with van der Waals surface area (Å²) in [5.41, 5.74) is 6.79. The van der Waals surface area contributed by atoms with Crippen LogP contribution >= 0.6 is 0 Å². The number of phenols is 2. The highest BCUT2D eigenvalue weighted by Crippen LogP contribution is 2.39. The van der Waals surface area contributed by atoms with Crippen molar-refractivity contribution in [2.45, 2.75) is 47.0 Å². The Hall–Kier alpha value is -2.74. The first-order valence-electron chi connectivity index (χ1n) is 9.57. The van der Waals surface area contributed by atoms with E-state index in [0.29, 0.717) is 5.75 Å². The van der Waals surface area contributed by atoms with Gasteiger partial charge in [-0.1, -0.05) is 63.3 Å². The van der Waals surface area contributed by atoms with Gasteiger partial charge in [0.2, 0.25) is 0 Å². The summed E-state index contributed by atoms with van der Waals surface area (Å²) in [4.78, 5) is 0. The second kappa shape index (κ2) is 9.27. The quantitative estimate of drug-likeness (QED) is 0.519. The van der Waals surface area contributed by atoms with Crippen LogP contribution in [0.2, 0.25) is 0 Å². The topological polar surface area (TPSA) is 40.5 Å². The highest BCUT2D eigenvalue weighted by atomic mass is 16.3. The number of allylic oxidation sites excluding steroid dienone is 4.